The predicted molar refractivity (Wildman–Crippen MR) is 86.0 cm³/mol. The second-order valence-corrected chi connectivity index (χ2v) is 6.95. The molecule has 0 radical (unpaired) electrons. The monoisotopic (exact) mass is 271 g/mol. The minimum atomic E-state index is 0.707. The predicted octanol–water partition coefficient (Wildman–Crippen LogP) is 4.82. The summed E-state index contributed by atoms with van der Waals surface area (Å²) in [5.74, 6) is 3.18. The van der Waals surface area contributed by atoms with E-state index in [1.165, 1.54) is 44.9 Å². The van der Waals surface area contributed by atoms with Gasteiger partial charge in [-0.05, 0) is 67.0 Å². The molecule has 3 rings (SSSR count). The maximum Gasteiger partial charge on any atom is -0.00430 e. The third-order valence-electron chi connectivity index (χ3n) is 5.92. The summed E-state index contributed by atoms with van der Waals surface area (Å²) in [5, 5.41) is 0. The average molecular weight is 271 g/mol. The fourth-order valence-corrected chi connectivity index (χ4v) is 4.29. The highest BCUT2D eigenvalue weighted by Gasteiger charge is 2.33. The topological polar surface area (TPSA) is 26.0 Å². The maximum absolute atomic E-state index is 6.09. The second kappa shape index (κ2) is 6.30. The molecule has 2 N–H and O–H groups in total. The van der Waals surface area contributed by atoms with Crippen molar-refractivity contribution in [3.05, 3.63) is 35.4 Å². The van der Waals surface area contributed by atoms with Crippen molar-refractivity contribution >= 4 is 0 Å². The summed E-state index contributed by atoms with van der Waals surface area (Å²) in [5.41, 5.74) is 9.39. The van der Waals surface area contributed by atoms with E-state index in [9.17, 15) is 0 Å². The quantitative estimate of drug-likeness (QED) is 0.834. The molecule has 0 spiro atoms. The summed E-state index contributed by atoms with van der Waals surface area (Å²) in [6.07, 6.45) is 9.63. The number of rotatable bonds is 4. The first-order valence-corrected chi connectivity index (χ1v) is 8.62. The molecule has 2 aliphatic rings. The maximum atomic E-state index is 6.09. The van der Waals surface area contributed by atoms with E-state index >= 15 is 0 Å². The summed E-state index contributed by atoms with van der Waals surface area (Å²) in [4.78, 5) is 0. The van der Waals surface area contributed by atoms with Gasteiger partial charge < -0.3 is 5.73 Å². The van der Waals surface area contributed by atoms with E-state index in [0.29, 0.717) is 5.92 Å². The van der Waals surface area contributed by atoms with Crippen molar-refractivity contribution in [3.63, 3.8) is 0 Å². The molecule has 1 aromatic carbocycles. The van der Waals surface area contributed by atoms with Crippen molar-refractivity contribution < 1.29 is 0 Å². The van der Waals surface area contributed by atoms with E-state index in [-0.39, 0.29) is 0 Å². The third kappa shape index (κ3) is 2.65. The molecule has 0 aromatic heterocycles. The molecular weight excluding hydrogens is 242 g/mol. The molecule has 0 amide bonds. The lowest BCUT2D eigenvalue weighted by Crippen LogP contribution is -2.30. The van der Waals surface area contributed by atoms with Gasteiger partial charge in [-0.25, -0.2) is 0 Å². The Morgan fingerprint density at radius 1 is 1.05 bits per heavy atom. The van der Waals surface area contributed by atoms with Gasteiger partial charge in [-0.2, -0.15) is 0 Å². The van der Waals surface area contributed by atoms with Crippen LogP contribution in [0.3, 0.4) is 0 Å². The lowest BCUT2D eigenvalue weighted by Gasteiger charge is -2.38. The average Bonchev–Trinajstić information content (AvgIpc) is 2.45. The normalized spacial score (nSPS) is 31.0. The minimum Gasteiger partial charge on any atom is -0.330 e. The van der Waals surface area contributed by atoms with Gasteiger partial charge >= 0.3 is 0 Å². The van der Waals surface area contributed by atoms with E-state index in [4.69, 9.17) is 5.73 Å². The molecule has 3 atom stereocenters. The van der Waals surface area contributed by atoms with Gasteiger partial charge in [-0.15, -0.1) is 0 Å². The summed E-state index contributed by atoms with van der Waals surface area (Å²) in [7, 11) is 0. The highest BCUT2D eigenvalue weighted by Crippen LogP contribution is 2.46. The number of hydrogen-bond acceptors (Lipinski definition) is 1. The van der Waals surface area contributed by atoms with E-state index in [1.807, 2.05) is 0 Å². The molecule has 2 fully saturated rings. The first kappa shape index (κ1) is 14.1. The van der Waals surface area contributed by atoms with Gasteiger partial charge in [0.2, 0.25) is 0 Å². The van der Waals surface area contributed by atoms with Crippen LogP contribution in [0.1, 0.15) is 74.8 Å². The highest BCUT2D eigenvalue weighted by atomic mass is 14.6. The van der Waals surface area contributed by atoms with Gasteiger partial charge in [0.25, 0.3) is 0 Å². The lowest BCUT2D eigenvalue weighted by atomic mass is 9.67. The summed E-state index contributed by atoms with van der Waals surface area (Å²) < 4.78 is 0. The Kier molecular flexibility index (Phi) is 4.45. The van der Waals surface area contributed by atoms with E-state index in [1.54, 1.807) is 11.1 Å². The van der Waals surface area contributed by atoms with Crippen LogP contribution in [0, 0.1) is 11.8 Å². The Labute approximate surface area is 124 Å². The molecule has 2 saturated carbocycles. The van der Waals surface area contributed by atoms with Crippen LogP contribution in [0.4, 0.5) is 0 Å². The fourth-order valence-electron chi connectivity index (χ4n) is 4.29. The summed E-state index contributed by atoms with van der Waals surface area (Å²) in [6, 6.07) is 9.26. The standard InChI is InChI=1S/C19H29N/c1-2-14-10-11-16(13-20)19(12-14)18-9-4-3-8-17(18)15-6-5-7-15/h3-4,8-9,14-16,19H,2,5-7,10-13,20H2,1H3. The molecule has 0 aliphatic heterocycles. The highest BCUT2D eigenvalue weighted by molar-refractivity contribution is 5.35. The van der Waals surface area contributed by atoms with Crippen molar-refractivity contribution in [2.45, 2.75) is 63.7 Å². The molecule has 0 heterocycles. The first-order valence-electron chi connectivity index (χ1n) is 8.62. The largest absolute Gasteiger partial charge is 0.330 e. The molecule has 1 nitrogen and oxygen atoms in total. The Balaban J connectivity index is 1.88. The van der Waals surface area contributed by atoms with Crippen molar-refractivity contribution in [1.82, 2.24) is 0 Å². The summed E-state index contributed by atoms with van der Waals surface area (Å²) in [6.45, 7) is 3.21. The van der Waals surface area contributed by atoms with Gasteiger partial charge in [0.1, 0.15) is 0 Å². The van der Waals surface area contributed by atoms with Crippen LogP contribution in [0.2, 0.25) is 0 Å². The van der Waals surface area contributed by atoms with Gasteiger partial charge in [0, 0.05) is 0 Å². The molecule has 1 heteroatoms. The third-order valence-corrected chi connectivity index (χ3v) is 5.92. The number of hydrogen-bond donors (Lipinski definition) is 1. The van der Waals surface area contributed by atoms with Crippen molar-refractivity contribution in [2.75, 3.05) is 6.54 Å². The van der Waals surface area contributed by atoms with Crippen molar-refractivity contribution in [2.24, 2.45) is 17.6 Å². The van der Waals surface area contributed by atoms with E-state index < -0.39 is 0 Å². The van der Waals surface area contributed by atoms with Crippen LogP contribution >= 0.6 is 0 Å². The minimum absolute atomic E-state index is 0.707. The Morgan fingerprint density at radius 3 is 2.40 bits per heavy atom. The lowest BCUT2D eigenvalue weighted by molar-refractivity contribution is 0.233. The second-order valence-electron chi connectivity index (χ2n) is 6.95. The molecule has 110 valence electrons. The van der Waals surface area contributed by atoms with Crippen molar-refractivity contribution in [1.29, 1.82) is 0 Å². The molecule has 2 aliphatic carbocycles. The smallest absolute Gasteiger partial charge is 0.00430 e. The van der Waals surface area contributed by atoms with Crippen LogP contribution in [-0.4, -0.2) is 6.54 Å². The Hall–Kier alpha value is -0.820. The van der Waals surface area contributed by atoms with Crippen LogP contribution in [0.5, 0.6) is 0 Å². The van der Waals surface area contributed by atoms with Gasteiger partial charge in [0.05, 0.1) is 0 Å². The fraction of sp³-hybridized carbons (Fsp3) is 0.684. The Bertz CT molecular complexity index is 435. The van der Waals surface area contributed by atoms with Crippen molar-refractivity contribution in [3.8, 4) is 0 Å². The molecule has 20 heavy (non-hydrogen) atoms. The molecule has 1 aromatic rings. The van der Waals surface area contributed by atoms with E-state index in [2.05, 4.69) is 31.2 Å². The first-order chi connectivity index (χ1) is 9.83. The zero-order valence-corrected chi connectivity index (χ0v) is 12.9. The van der Waals surface area contributed by atoms with Gasteiger partial charge in [-0.1, -0.05) is 50.5 Å². The van der Waals surface area contributed by atoms with Crippen LogP contribution in [0.25, 0.3) is 0 Å². The molecule has 3 unspecified atom stereocenters. The summed E-state index contributed by atoms with van der Waals surface area (Å²) >= 11 is 0. The van der Waals surface area contributed by atoms with Gasteiger partial charge in [-0.3, -0.25) is 0 Å². The van der Waals surface area contributed by atoms with E-state index in [0.717, 1.165) is 24.3 Å². The van der Waals surface area contributed by atoms with Crippen LogP contribution in [0.15, 0.2) is 24.3 Å². The van der Waals surface area contributed by atoms with Crippen LogP contribution < -0.4 is 5.73 Å². The SMILES string of the molecule is CCC1CCC(CN)C(c2ccccc2C2CCC2)C1. The number of benzene rings is 1. The van der Waals surface area contributed by atoms with Crippen LogP contribution in [-0.2, 0) is 0 Å². The zero-order valence-electron chi connectivity index (χ0n) is 12.9. The zero-order chi connectivity index (χ0) is 13.9. The number of nitrogens with two attached hydrogens (primary N) is 1. The molecular formula is C19H29N. The Morgan fingerprint density at radius 2 is 1.80 bits per heavy atom. The van der Waals surface area contributed by atoms with Gasteiger partial charge in [0.15, 0.2) is 0 Å². The molecule has 0 saturated heterocycles. The molecule has 0 bridgehead atoms.